The van der Waals surface area contributed by atoms with Crippen LogP contribution in [0.15, 0.2) is 34.2 Å². The molecule has 0 fully saturated rings. The lowest BCUT2D eigenvalue weighted by atomic mass is 10.2. The Bertz CT molecular complexity index is 1040. The molecule has 0 aliphatic heterocycles. The van der Waals surface area contributed by atoms with Crippen LogP contribution >= 0.6 is 11.8 Å². The fourth-order valence-corrected chi connectivity index (χ4v) is 3.31. The lowest BCUT2D eigenvalue weighted by molar-refractivity contribution is -0.137. The topological polar surface area (TPSA) is 81.3 Å². The molecule has 1 atom stereocenters. The Morgan fingerprint density at radius 2 is 2.00 bits per heavy atom. The van der Waals surface area contributed by atoms with E-state index < -0.39 is 23.9 Å². The molecular weight excluding hydrogens is 371 g/mol. The van der Waals surface area contributed by atoms with E-state index >= 15 is 0 Å². The van der Waals surface area contributed by atoms with Gasteiger partial charge in [-0.25, -0.2) is 0 Å². The molecule has 0 saturated carbocycles. The molecule has 0 aliphatic carbocycles. The molecule has 138 valence electrons. The Labute approximate surface area is 149 Å². The zero-order chi connectivity index (χ0) is 19.1. The van der Waals surface area contributed by atoms with Crippen LogP contribution in [-0.2, 0) is 11.8 Å². The highest BCUT2D eigenvalue weighted by atomic mass is 32.2. The van der Waals surface area contributed by atoms with E-state index in [-0.39, 0.29) is 11.3 Å². The number of thioether (sulfide) groups is 1. The molecule has 0 spiro atoms. The van der Waals surface area contributed by atoms with Crippen molar-refractivity contribution in [1.29, 1.82) is 0 Å². The largest absolute Gasteiger partial charge is 0.405 e. The minimum atomic E-state index is -4.48. The van der Waals surface area contributed by atoms with Gasteiger partial charge in [-0.05, 0) is 19.1 Å². The maximum Gasteiger partial charge on any atom is 0.405 e. The lowest BCUT2D eigenvalue weighted by Crippen LogP contribution is -2.38. The van der Waals surface area contributed by atoms with Crippen molar-refractivity contribution >= 4 is 34.3 Å². The van der Waals surface area contributed by atoms with Crippen LogP contribution in [0.5, 0.6) is 0 Å². The van der Waals surface area contributed by atoms with Crippen LogP contribution in [0.4, 0.5) is 13.2 Å². The molecule has 3 aromatic rings. The van der Waals surface area contributed by atoms with Gasteiger partial charge in [0.1, 0.15) is 6.54 Å². The van der Waals surface area contributed by atoms with E-state index in [1.807, 2.05) is 5.32 Å². The number of hydrogen-bond acceptors (Lipinski definition) is 5. The van der Waals surface area contributed by atoms with Crippen molar-refractivity contribution in [2.75, 3.05) is 6.54 Å². The monoisotopic (exact) mass is 385 g/mol. The van der Waals surface area contributed by atoms with Crippen molar-refractivity contribution in [2.24, 2.45) is 7.05 Å². The van der Waals surface area contributed by atoms with Crippen LogP contribution in [0.25, 0.3) is 16.7 Å². The van der Waals surface area contributed by atoms with Crippen LogP contribution in [0, 0.1) is 0 Å². The summed E-state index contributed by atoms with van der Waals surface area (Å²) >= 11 is 0.962. The molecule has 0 bridgehead atoms. The molecule has 0 saturated heterocycles. The first-order valence-electron chi connectivity index (χ1n) is 7.53. The molecule has 1 unspecified atom stereocenters. The molecule has 1 aromatic carbocycles. The van der Waals surface area contributed by atoms with Crippen molar-refractivity contribution in [3.8, 4) is 0 Å². The van der Waals surface area contributed by atoms with E-state index in [9.17, 15) is 22.8 Å². The Balaban J connectivity index is 1.97. The minimum absolute atomic E-state index is 0.243. The Kier molecular flexibility index (Phi) is 4.65. The van der Waals surface area contributed by atoms with Gasteiger partial charge in [0.05, 0.1) is 16.2 Å². The zero-order valence-corrected chi connectivity index (χ0v) is 14.6. The van der Waals surface area contributed by atoms with Gasteiger partial charge in [-0.3, -0.25) is 18.6 Å². The Morgan fingerprint density at radius 3 is 2.69 bits per heavy atom. The first kappa shape index (κ1) is 18.2. The number of amides is 1. The predicted molar refractivity (Wildman–Crippen MR) is 90.1 cm³/mol. The SMILES string of the molecule is CC(Sc1nnc2n(C)c(=O)c3ccccc3n12)C(=O)NCC(F)(F)F. The van der Waals surface area contributed by atoms with Crippen molar-refractivity contribution in [3.05, 3.63) is 34.6 Å². The summed E-state index contributed by atoms with van der Waals surface area (Å²) in [4.78, 5) is 24.3. The fourth-order valence-electron chi connectivity index (χ4n) is 2.43. The maximum absolute atomic E-state index is 12.4. The highest BCUT2D eigenvalue weighted by molar-refractivity contribution is 8.00. The molecule has 1 N–H and O–H groups in total. The number of para-hydroxylation sites is 1. The number of carbonyl (C=O) groups is 1. The quantitative estimate of drug-likeness (QED) is 0.692. The average Bonchev–Trinajstić information content (AvgIpc) is 3.00. The van der Waals surface area contributed by atoms with Gasteiger partial charge in [0.25, 0.3) is 5.56 Å². The Morgan fingerprint density at radius 1 is 1.31 bits per heavy atom. The number of alkyl halides is 3. The number of benzene rings is 1. The van der Waals surface area contributed by atoms with Crippen molar-refractivity contribution < 1.29 is 18.0 Å². The van der Waals surface area contributed by atoms with E-state index in [0.29, 0.717) is 16.1 Å². The van der Waals surface area contributed by atoms with Gasteiger partial charge in [0, 0.05) is 7.05 Å². The molecule has 0 aliphatic rings. The summed E-state index contributed by atoms with van der Waals surface area (Å²) in [5, 5.41) is 9.72. The summed E-state index contributed by atoms with van der Waals surface area (Å²) in [6.45, 7) is 0.0797. The number of fused-ring (bicyclic) bond motifs is 3. The number of aryl methyl sites for hydroxylation is 1. The van der Waals surface area contributed by atoms with Crippen molar-refractivity contribution in [2.45, 2.75) is 23.5 Å². The third-order valence-corrected chi connectivity index (χ3v) is 4.75. The van der Waals surface area contributed by atoms with Gasteiger partial charge in [0.2, 0.25) is 11.7 Å². The molecule has 7 nitrogen and oxygen atoms in total. The van der Waals surface area contributed by atoms with E-state index in [0.717, 1.165) is 11.8 Å². The molecule has 3 rings (SSSR count). The van der Waals surface area contributed by atoms with E-state index in [2.05, 4.69) is 10.2 Å². The fraction of sp³-hybridized carbons (Fsp3) is 0.333. The Hall–Kier alpha value is -2.56. The molecule has 11 heteroatoms. The number of halogens is 3. The molecule has 1 amide bonds. The molecule has 26 heavy (non-hydrogen) atoms. The molecular formula is C15H14F3N5O2S. The summed E-state index contributed by atoms with van der Waals surface area (Å²) in [6, 6.07) is 6.84. The second-order valence-electron chi connectivity index (χ2n) is 5.59. The number of nitrogens with zero attached hydrogens (tertiary/aromatic N) is 4. The first-order chi connectivity index (χ1) is 12.2. The number of hydrogen-bond donors (Lipinski definition) is 1. The number of rotatable bonds is 4. The summed E-state index contributed by atoms with van der Waals surface area (Å²) in [7, 11) is 1.55. The van der Waals surface area contributed by atoms with E-state index in [1.54, 1.807) is 35.7 Å². The zero-order valence-electron chi connectivity index (χ0n) is 13.7. The van der Waals surface area contributed by atoms with Gasteiger partial charge in [-0.1, -0.05) is 23.9 Å². The second-order valence-corrected chi connectivity index (χ2v) is 6.90. The predicted octanol–water partition coefficient (Wildman–Crippen LogP) is 1.74. The summed E-state index contributed by atoms with van der Waals surface area (Å²) in [5.41, 5.74) is 0.314. The maximum atomic E-state index is 12.4. The number of aromatic nitrogens is 4. The highest BCUT2D eigenvalue weighted by Gasteiger charge is 2.29. The van der Waals surface area contributed by atoms with E-state index in [4.69, 9.17) is 0 Å². The van der Waals surface area contributed by atoms with Gasteiger partial charge >= 0.3 is 6.18 Å². The minimum Gasteiger partial charge on any atom is -0.346 e. The van der Waals surface area contributed by atoms with Gasteiger partial charge in [0.15, 0.2) is 5.16 Å². The number of carbonyl (C=O) groups excluding carboxylic acids is 1. The second kappa shape index (κ2) is 6.63. The van der Waals surface area contributed by atoms with Gasteiger partial charge < -0.3 is 5.32 Å². The summed E-state index contributed by atoms with van der Waals surface area (Å²) < 4.78 is 39.7. The third kappa shape index (κ3) is 3.39. The normalized spacial score (nSPS) is 13.3. The van der Waals surface area contributed by atoms with E-state index in [1.165, 1.54) is 11.5 Å². The molecule has 0 radical (unpaired) electrons. The summed E-state index contributed by atoms with van der Waals surface area (Å²) in [6.07, 6.45) is -4.48. The smallest absolute Gasteiger partial charge is 0.346 e. The average molecular weight is 385 g/mol. The van der Waals surface area contributed by atoms with Crippen molar-refractivity contribution in [1.82, 2.24) is 24.5 Å². The van der Waals surface area contributed by atoms with Gasteiger partial charge in [-0.15, -0.1) is 10.2 Å². The van der Waals surface area contributed by atoms with Crippen LogP contribution < -0.4 is 10.9 Å². The highest BCUT2D eigenvalue weighted by Crippen LogP contribution is 2.25. The lowest BCUT2D eigenvalue weighted by Gasteiger charge is -2.13. The van der Waals surface area contributed by atoms with Gasteiger partial charge in [-0.2, -0.15) is 13.2 Å². The molecule has 2 aromatic heterocycles. The standard InChI is InChI=1S/C15H14F3N5O2S/c1-8(11(24)19-7-15(16,17)18)26-14-21-20-13-22(2)12(25)9-5-3-4-6-10(9)23(13)14/h3-6,8H,7H2,1-2H3,(H,19,24). The van der Waals surface area contributed by atoms with Crippen LogP contribution in [0.3, 0.4) is 0 Å². The van der Waals surface area contributed by atoms with Crippen molar-refractivity contribution in [3.63, 3.8) is 0 Å². The first-order valence-corrected chi connectivity index (χ1v) is 8.41. The van der Waals surface area contributed by atoms with Crippen LogP contribution in [-0.4, -0.2) is 43.0 Å². The number of nitrogens with one attached hydrogen (secondary N) is 1. The molecule has 2 heterocycles. The van der Waals surface area contributed by atoms with Crippen LogP contribution in [0.1, 0.15) is 6.92 Å². The van der Waals surface area contributed by atoms with Crippen LogP contribution in [0.2, 0.25) is 0 Å². The third-order valence-electron chi connectivity index (χ3n) is 3.71. The summed E-state index contributed by atoms with van der Waals surface area (Å²) in [5.74, 6) is -0.489.